The Kier molecular flexibility index (Phi) is 7.75. The minimum atomic E-state index is -3.51. The van der Waals surface area contributed by atoms with E-state index in [1.165, 1.54) is 22.5 Å². The fourth-order valence-electron chi connectivity index (χ4n) is 4.39. The van der Waals surface area contributed by atoms with Crippen LogP contribution in [0.3, 0.4) is 0 Å². The third-order valence-electron chi connectivity index (χ3n) is 6.33. The number of hydrogen-bond donors (Lipinski definition) is 3. The third kappa shape index (κ3) is 6.10. The number of rotatable bonds is 9. The summed E-state index contributed by atoms with van der Waals surface area (Å²) in [5.74, 6) is -1.47. The number of anilines is 3. The van der Waals surface area contributed by atoms with Gasteiger partial charge in [0.15, 0.2) is 0 Å². The van der Waals surface area contributed by atoms with Crippen LogP contribution in [-0.2, 0) is 14.8 Å². The molecule has 1 aliphatic rings. The van der Waals surface area contributed by atoms with E-state index < -0.39 is 27.7 Å². The largest absolute Gasteiger partial charge is 0.366 e. The molecule has 4 rings (SSSR count). The molecule has 0 unspecified atom stereocenters. The average Bonchev–Trinajstić information content (AvgIpc) is 3.17. The number of nitrogens with one attached hydrogen (secondary N) is 2. The molecule has 4 N–H and O–H groups in total. The van der Waals surface area contributed by atoms with E-state index in [4.69, 9.17) is 5.73 Å². The van der Waals surface area contributed by atoms with Crippen molar-refractivity contribution in [3.05, 3.63) is 88.7 Å². The summed E-state index contributed by atoms with van der Waals surface area (Å²) in [5.41, 5.74) is 9.78. The maximum absolute atomic E-state index is 13.9. The van der Waals surface area contributed by atoms with Gasteiger partial charge in [0, 0.05) is 35.5 Å². The molecule has 0 fully saturated rings. The molecule has 9 nitrogen and oxygen atoms in total. The second-order valence-corrected chi connectivity index (χ2v) is 11.5. The molecule has 39 heavy (non-hydrogen) atoms. The minimum absolute atomic E-state index is 0.285. The van der Waals surface area contributed by atoms with Gasteiger partial charge in [-0.1, -0.05) is 6.07 Å². The van der Waals surface area contributed by atoms with Crippen molar-refractivity contribution in [2.75, 3.05) is 48.4 Å². The number of aryl methyl sites for hydroxylation is 1. The number of carbonyl (C=O) groups excluding carboxylic acids is 2. The molecule has 3 aromatic rings. The van der Waals surface area contributed by atoms with E-state index in [9.17, 15) is 22.4 Å². The summed E-state index contributed by atoms with van der Waals surface area (Å²) in [6.45, 7) is 2.62. The van der Waals surface area contributed by atoms with Gasteiger partial charge in [-0.25, -0.2) is 12.8 Å². The Morgan fingerprint density at radius 1 is 1.03 bits per heavy atom. The van der Waals surface area contributed by atoms with Crippen molar-refractivity contribution in [2.24, 2.45) is 5.73 Å². The summed E-state index contributed by atoms with van der Waals surface area (Å²) >= 11 is 0. The van der Waals surface area contributed by atoms with Crippen LogP contribution in [-0.4, -0.2) is 58.6 Å². The molecule has 0 aromatic heterocycles. The molecule has 0 saturated carbocycles. The van der Waals surface area contributed by atoms with Crippen LogP contribution in [0.1, 0.15) is 27.0 Å². The number of amides is 2. The fraction of sp³-hybridized carbons (Fsp3) is 0.214. The first-order chi connectivity index (χ1) is 18.3. The van der Waals surface area contributed by atoms with Gasteiger partial charge in [-0.3, -0.25) is 13.9 Å². The van der Waals surface area contributed by atoms with Gasteiger partial charge >= 0.3 is 0 Å². The van der Waals surface area contributed by atoms with Crippen molar-refractivity contribution in [1.82, 2.24) is 4.90 Å². The number of nitrogens with zero attached hydrogens (tertiary/aromatic N) is 2. The SMILES string of the molecule is Cc1cc(C(N)=O)ccc1/C(Nc1ccc(N(CCN(C)C)S(C)(=O)=O)cc1)=C1/C(=O)Nc2cc(F)ccc21. The maximum Gasteiger partial charge on any atom is 0.258 e. The second-order valence-electron chi connectivity index (χ2n) is 9.60. The van der Waals surface area contributed by atoms with Gasteiger partial charge in [0.2, 0.25) is 15.9 Å². The van der Waals surface area contributed by atoms with E-state index in [-0.39, 0.29) is 6.54 Å². The summed E-state index contributed by atoms with van der Waals surface area (Å²) in [7, 11) is 0.223. The molecule has 0 bridgehead atoms. The lowest BCUT2D eigenvalue weighted by Gasteiger charge is -2.24. The lowest BCUT2D eigenvalue weighted by Crippen LogP contribution is -2.35. The first kappa shape index (κ1) is 27.8. The van der Waals surface area contributed by atoms with E-state index in [1.54, 1.807) is 49.4 Å². The number of nitrogens with two attached hydrogens (primary N) is 1. The zero-order chi connectivity index (χ0) is 28.5. The first-order valence-electron chi connectivity index (χ1n) is 12.1. The smallest absolute Gasteiger partial charge is 0.258 e. The molecule has 0 radical (unpaired) electrons. The molecule has 3 aromatic carbocycles. The van der Waals surface area contributed by atoms with Crippen molar-refractivity contribution >= 4 is 50.2 Å². The number of likely N-dealkylation sites (N-methyl/N-ethyl adjacent to an activating group) is 1. The van der Waals surface area contributed by atoms with Crippen LogP contribution in [0.15, 0.2) is 60.7 Å². The standard InChI is InChI=1S/C28H30FN5O4S/c1-17-15-18(27(30)35)5-11-22(17)26(25-23-12-6-19(29)16-24(23)32-28(25)36)31-20-7-9-21(10-8-20)34(39(4,37)38)14-13-33(2)3/h5-12,15-16,31H,13-14H2,1-4H3,(H2,30,35)(H,32,36)/b26-25-. The third-order valence-corrected chi connectivity index (χ3v) is 7.53. The summed E-state index contributed by atoms with van der Waals surface area (Å²) < 4.78 is 40.1. The predicted molar refractivity (Wildman–Crippen MR) is 152 cm³/mol. The lowest BCUT2D eigenvalue weighted by atomic mass is 9.95. The summed E-state index contributed by atoms with van der Waals surface area (Å²) in [5, 5.41) is 6.01. The highest BCUT2D eigenvalue weighted by Crippen LogP contribution is 2.39. The van der Waals surface area contributed by atoms with Crippen LogP contribution in [0.2, 0.25) is 0 Å². The topological polar surface area (TPSA) is 125 Å². The Morgan fingerprint density at radius 3 is 2.31 bits per heavy atom. The molecule has 11 heteroatoms. The second kappa shape index (κ2) is 10.9. The van der Waals surface area contributed by atoms with Crippen LogP contribution < -0.4 is 20.7 Å². The zero-order valence-electron chi connectivity index (χ0n) is 22.1. The van der Waals surface area contributed by atoms with Crippen molar-refractivity contribution in [2.45, 2.75) is 6.92 Å². The Balaban J connectivity index is 1.80. The average molecular weight is 552 g/mol. The van der Waals surface area contributed by atoms with Gasteiger partial charge in [0.05, 0.1) is 28.9 Å². The van der Waals surface area contributed by atoms with Crippen LogP contribution in [0, 0.1) is 12.7 Å². The van der Waals surface area contributed by atoms with Gasteiger partial charge in [-0.15, -0.1) is 0 Å². The van der Waals surface area contributed by atoms with Gasteiger partial charge in [0.25, 0.3) is 5.91 Å². The summed E-state index contributed by atoms with van der Waals surface area (Å²) in [4.78, 5) is 26.7. The number of halogens is 1. The monoisotopic (exact) mass is 551 g/mol. The quantitative estimate of drug-likeness (QED) is 0.350. The normalized spacial score (nSPS) is 14.2. The molecule has 204 valence electrons. The first-order valence-corrected chi connectivity index (χ1v) is 14.0. The molecule has 0 spiro atoms. The van der Waals surface area contributed by atoms with Crippen LogP contribution in [0.25, 0.3) is 11.3 Å². The van der Waals surface area contributed by atoms with E-state index in [1.807, 2.05) is 19.0 Å². The van der Waals surface area contributed by atoms with E-state index in [0.29, 0.717) is 57.1 Å². The number of carbonyl (C=O) groups is 2. The van der Waals surface area contributed by atoms with Crippen molar-refractivity contribution in [3.63, 3.8) is 0 Å². The summed E-state index contributed by atoms with van der Waals surface area (Å²) in [6.07, 6.45) is 1.16. The van der Waals surface area contributed by atoms with E-state index in [0.717, 1.165) is 6.26 Å². The number of fused-ring (bicyclic) bond motifs is 1. The lowest BCUT2D eigenvalue weighted by molar-refractivity contribution is -0.110. The Labute approximate surface area is 227 Å². The van der Waals surface area contributed by atoms with Gasteiger partial charge in [0.1, 0.15) is 5.82 Å². The number of hydrogen-bond acceptors (Lipinski definition) is 6. The van der Waals surface area contributed by atoms with Crippen molar-refractivity contribution in [1.29, 1.82) is 0 Å². The molecule has 0 atom stereocenters. The fourth-order valence-corrected chi connectivity index (χ4v) is 5.31. The maximum atomic E-state index is 13.9. The number of primary amides is 1. The van der Waals surface area contributed by atoms with Gasteiger partial charge in [-0.05, 0) is 81.2 Å². The molecule has 0 saturated heterocycles. The van der Waals surface area contributed by atoms with Gasteiger partial charge < -0.3 is 21.3 Å². The highest BCUT2D eigenvalue weighted by atomic mass is 32.2. The van der Waals surface area contributed by atoms with Crippen LogP contribution >= 0.6 is 0 Å². The molecular formula is C28H30FN5O4S. The highest BCUT2D eigenvalue weighted by Gasteiger charge is 2.29. The van der Waals surface area contributed by atoms with Gasteiger partial charge in [-0.2, -0.15) is 0 Å². The van der Waals surface area contributed by atoms with Crippen LogP contribution in [0.4, 0.5) is 21.5 Å². The van der Waals surface area contributed by atoms with Crippen LogP contribution in [0.5, 0.6) is 0 Å². The number of benzene rings is 3. The Hall–Kier alpha value is -4.22. The molecule has 1 aliphatic heterocycles. The molecule has 2 amide bonds. The molecular weight excluding hydrogens is 521 g/mol. The predicted octanol–water partition coefficient (Wildman–Crippen LogP) is 3.49. The molecule has 0 aliphatic carbocycles. The zero-order valence-corrected chi connectivity index (χ0v) is 22.9. The van der Waals surface area contributed by atoms with E-state index >= 15 is 0 Å². The van der Waals surface area contributed by atoms with E-state index in [2.05, 4.69) is 10.6 Å². The Morgan fingerprint density at radius 2 is 1.72 bits per heavy atom. The molecule has 1 heterocycles. The van der Waals surface area contributed by atoms with Crippen molar-refractivity contribution in [3.8, 4) is 0 Å². The van der Waals surface area contributed by atoms with Crippen molar-refractivity contribution < 1.29 is 22.4 Å². The minimum Gasteiger partial charge on any atom is -0.366 e. The highest BCUT2D eigenvalue weighted by molar-refractivity contribution is 7.92. The number of sulfonamides is 1. The Bertz CT molecular complexity index is 1580. The summed E-state index contributed by atoms with van der Waals surface area (Å²) in [6, 6.07) is 15.8.